The molecule has 1 atom stereocenters. The van der Waals surface area contributed by atoms with Gasteiger partial charge in [0, 0.05) is 11.6 Å². The van der Waals surface area contributed by atoms with E-state index in [9.17, 15) is 5.11 Å². The van der Waals surface area contributed by atoms with Crippen molar-refractivity contribution in [3.63, 3.8) is 0 Å². The van der Waals surface area contributed by atoms with Crippen LogP contribution in [0.3, 0.4) is 0 Å². The molecule has 1 rings (SSSR count). The maximum absolute atomic E-state index is 9.83. The van der Waals surface area contributed by atoms with E-state index in [1.54, 1.807) is 6.07 Å². The second kappa shape index (κ2) is 5.77. The van der Waals surface area contributed by atoms with E-state index in [1.807, 2.05) is 19.9 Å². The fourth-order valence-electron chi connectivity index (χ4n) is 1.67. The predicted octanol–water partition coefficient (Wildman–Crippen LogP) is 2.67. The number of phenolic OH excluding ortho intramolecular Hbond substituents is 1. The van der Waals surface area contributed by atoms with Gasteiger partial charge in [0.1, 0.15) is 5.75 Å². The van der Waals surface area contributed by atoms with Crippen LogP contribution in [0.15, 0.2) is 24.3 Å². The summed E-state index contributed by atoms with van der Waals surface area (Å²) in [5.41, 5.74) is 14.7. The van der Waals surface area contributed by atoms with Crippen LogP contribution in [0, 0.1) is 6.92 Å². The first-order valence-electron chi connectivity index (χ1n) is 4.91. The topological polar surface area (TPSA) is 72.3 Å². The lowest BCUT2D eigenvalue weighted by molar-refractivity contribution is 0.463. The van der Waals surface area contributed by atoms with Crippen molar-refractivity contribution in [2.45, 2.75) is 26.3 Å². The molecular weight excluding hydrogens is 224 g/mol. The Labute approximate surface area is 103 Å². The lowest BCUT2D eigenvalue weighted by Crippen LogP contribution is -2.13. The number of aromatic hydroxyl groups is 1. The smallest absolute Gasteiger partial charge is 0.143 e. The Bertz CT molecular complexity index is 391. The van der Waals surface area contributed by atoms with Crippen LogP contribution in [0.4, 0.5) is 5.69 Å². The second-order valence-electron chi connectivity index (χ2n) is 4.00. The van der Waals surface area contributed by atoms with Crippen molar-refractivity contribution < 1.29 is 5.11 Å². The van der Waals surface area contributed by atoms with Crippen LogP contribution in [0.25, 0.3) is 0 Å². The van der Waals surface area contributed by atoms with Gasteiger partial charge in [-0.1, -0.05) is 11.6 Å². The van der Waals surface area contributed by atoms with Crippen molar-refractivity contribution in [2.75, 3.05) is 5.73 Å². The van der Waals surface area contributed by atoms with Crippen molar-refractivity contribution in [3.05, 3.63) is 35.4 Å². The van der Waals surface area contributed by atoms with Crippen molar-refractivity contribution in [1.82, 2.24) is 0 Å². The molecule has 0 spiro atoms. The highest BCUT2D eigenvalue weighted by Crippen LogP contribution is 2.33. The van der Waals surface area contributed by atoms with Crippen LogP contribution in [0.1, 0.15) is 30.5 Å². The minimum atomic E-state index is -0.244. The maximum Gasteiger partial charge on any atom is 0.143 e. The van der Waals surface area contributed by atoms with Crippen LogP contribution < -0.4 is 11.5 Å². The lowest BCUT2D eigenvalue weighted by Gasteiger charge is -2.17. The van der Waals surface area contributed by atoms with Gasteiger partial charge in [0.2, 0.25) is 0 Å². The van der Waals surface area contributed by atoms with E-state index in [1.165, 1.54) is 0 Å². The zero-order chi connectivity index (χ0) is 11.6. The fourth-order valence-corrected chi connectivity index (χ4v) is 1.67. The van der Waals surface area contributed by atoms with E-state index >= 15 is 0 Å². The summed E-state index contributed by atoms with van der Waals surface area (Å²) in [5.74, 6) is 0.101. The van der Waals surface area contributed by atoms with Crippen molar-refractivity contribution in [3.8, 4) is 5.75 Å². The molecule has 0 unspecified atom stereocenters. The largest absolute Gasteiger partial charge is 0.505 e. The summed E-state index contributed by atoms with van der Waals surface area (Å²) in [7, 11) is 0. The van der Waals surface area contributed by atoms with Gasteiger partial charge in [-0.25, -0.2) is 0 Å². The molecule has 0 saturated carbocycles. The molecule has 0 radical (unpaired) electrons. The maximum atomic E-state index is 9.83. The molecule has 1 aromatic carbocycles. The van der Waals surface area contributed by atoms with Crippen LogP contribution >= 0.6 is 12.4 Å². The molecule has 3 nitrogen and oxygen atoms in total. The first kappa shape index (κ1) is 14.8. The quantitative estimate of drug-likeness (QED) is 0.434. The number of nitrogens with two attached hydrogens (primary N) is 2. The number of rotatable bonds is 3. The highest BCUT2D eigenvalue weighted by Gasteiger charge is 2.15. The standard InChI is InChI=1S/C12H18N2O.ClH/c1-7(2)6-10(14)11-8(3)4-5-9(13)12(11)15;/h4-5,10,15H,1,6,13-14H2,2-3H3;1H/t10-;/m1./s1. The van der Waals surface area contributed by atoms with Crippen LogP contribution in [0.5, 0.6) is 5.75 Å². The fraction of sp³-hybridized carbons (Fsp3) is 0.333. The SMILES string of the molecule is C=C(C)C[C@@H](N)c1c(C)ccc(N)c1O.Cl. The van der Waals surface area contributed by atoms with Crippen molar-refractivity contribution in [2.24, 2.45) is 5.73 Å². The van der Waals surface area contributed by atoms with Gasteiger partial charge in [-0.15, -0.1) is 19.0 Å². The molecule has 0 bridgehead atoms. The molecule has 0 heterocycles. The van der Waals surface area contributed by atoms with Gasteiger partial charge in [-0.2, -0.15) is 0 Å². The van der Waals surface area contributed by atoms with Crippen LogP contribution in [-0.4, -0.2) is 5.11 Å². The molecule has 0 aliphatic rings. The zero-order valence-corrected chi connectivity index (χ0v) is 10.5. The first-order valence-corrected chi connectivity index (χ1v) is 4.91. The average molecular weight is 243 g/mol. The lowest BCUT2D eigenvalue weighted by atomic mass is 9.95. The normalized spacial score (nSPS) is 11.7. The predicted molar refractivity (Wildman–Crippen MR) is 70.9 cm³/mol. The minimum absolute atomic E-state index is 0. The number of nitrogen functional groups attached to an aromatic ring is 1. The van der Waals surface area contributed by atoms with Gasteiger partial charge >= 0.3 is 0 Å². The Hall–Kier alpha value is -1.19. The number of halogens is 1. The van der Waals surface area contributed by atoms with E-state index in [0.717, 1.165) is 16.7 Å². The summed E-state index contributed by atoms with van der Waals surface area (Å²) < 4.78 is 0. The van der Waals surface area contributed by atoms with Gasteiger partial charge in [0.05, 0.1) is 5.69 Å². The molecule has 90 valence electrons. The highest BCUT2D eigenvalue weighted by atomic mass is 35.5. The summed E-state index contributed by atoms with van der Waals surface area (Å²) in [6.45, 7) is 7.63. The van der Waals surface area contributed by atoms with Crippen LogP contribution in [0.2, 0.25) is 0 Å². The monoisotopic (exact) mass is 242 g/mol. The van der Waals surface area contributed by atoms with Gasteiger partial charge < -0.3 is 16.6 Å². The van der Waals surface area contributed by atoms with E-state index in [2.05, 4.69) is 6.58 Å². The highest BCUT2D eigenvalue weighted by molar-refractivity contribution is 5.85. The van der Waals surface area contributed by atoms with Crippen LogP contribution in [-0.2, 0) is 0 Å². The Morgan fingerprint density at radius 1 is 1.50 bits per heavy atom. The molecule has 5 N–H and O–H groups in total. The van der Waals surface area contributed by atoms with E-state index in [0.29, 0.717) is 12.1 Å². The molecule has 0 aromatic heterocycles. The summed E-state index contributed by atoms with van der Waals surface area (Å²) >= 11 is 0. The first-order chi connectivity index (χ1) is 6.93. The number of hydrogen-bond acceptors (Lipinski definition) is 3. The number of hydrogen-bond donors (Lipinski definition) is 3. The van der Waals surface area contributed by atoms with Crippen molar-refractivity contribution in [1.29, 1.82) is 0 Å². The van der Waals surface area contributed by atoms with E-state index < -0.39 is 0 Å². The number of aryl methyl sites for hydroxylation is 1. The molecule has 0 aliphatic heterocycles. The Morgan fingerprint density at radius 3 is 2.56 bits per heavy atom. The molecule has 16 heavy (non-hydrogen) atoms. The van der Waals surface area contributed by atoms with Gasteiger partial charge in [0.15, 0.2) is 0 Å². The van der Waals surface area contributed by atoms with Crippen molar-refractivity contribution >= 4 is 18.1 Å². The number of benzene rings is 1. The number of anilines is 1. The third kappa shape index (κ3) is 3.15. The van der Waals surface area contributed by atoms with Gasteiger partial charge in [-0.3, -0.25) is 0 Å². The molecule has 0 aliphatic carbocycles. The Morgan fingerprint density at radius 2 is 2.06 bits per heavy atom. The molecule has 1 aromatic rings. The number of phenols is 1. The second-order valence-corrected chi connectivity index (χ2v) is 4.00. The molecule has 0 amide bonds. The summed E-state index contributed by atoms with van der Waals surface area (Å²) in [4.78, 5) is 0. The average Bonchev–Trinajstić information content (AvgIpc) is 2.11. The Kier molecular flexibility index (Phi) is 5.35. The molecular formula is C12H19ClN2O. The van der Waals surface area contributed by atoms with Gasteiger partial charge in [-0.05, 0) is 31.9 Å². The van der Waals surface area contributed by atoms with E-state index in [4.69, 9.17) is 11.5 Å². The third-order valence-electron chi connectivity index (χ3n) is 2.41. The minimum Gasteiger partial charge on any atom is -0.505 e. The molecule has 0 saturated heterocycles. The Balaban J connectivity index is 0.00000225. The van der Waals surface area contributed by atoms with Gasteiger partial charge in [0.25, 0.3) is 0 Å². The van der Waals surface area contributed by atoms with E-state index in [-0.39, 0.29) is 24.2 Å². The molecule has 4 heteroatoms. The molecule has 0 fully saturated rings. The third-order valence-corrected chi connectivity index (χ3v) is 2.41. The summed E-state index contributed by atoms with van der Waals surface area (Å²) in [5, 5.41) is 9.83. The zero-order valence-electron chi connectivity index (χ0n) is 9.66. The summed E-state index contributed by atoms with van der Waals surface area (Å²) in [6, 6.07) is 3.30. The summed E-state index contributed by atoms with van der Waals surface area (Å²) in [6.07, 6.45) is 0.651.